The highest BCUT2D eigenvalue weighted by Gasteiger charge is 2.26. The molecule has 0 aliphatic carbocycles. The van der Waals surface area contributed by atoms with E-state index in [1.807, 2.05) is 12.1 Å². The van der Waals surface area contributed by atoms with Crippen molar-refractivity contribution in [1.82, 2.24) is 14.6 Å². The lowest BCUT2D eigenvalue weighted by atomic mass is 10.1. The molecule has 0 saturated carbocycles. The van der Waals surface area contributed by atoms with Crippen LogP contribution in [0.5, 0.6) is 5.75 Å². The molecular formula is C20H16N4O4. The number of H-pyrrole nitrogens is 1. The number of benzene rings is 2. The largest absolute Gasteiger partial charge is 0.497 e. The van der Waals surface area contributed by atoms with Crippen LogP contribution in [-0.2, 0) is 0 Å². The van der Waals surface area contributed by atoms with Crippen molar-refractivity contribution in [2.24, 2.45) is 0 Å². The SMILES string of the molecule is COc1ccc(-c2c(C)nn3c(=O)c([N+](=O)[O-])c(-c4ccccc4)[nH]c23)cc1. The zero-order chi connectivity index (χ0) is 19.8. The van der Waals surface area contributed by atoms with Gasteiger partial charge in [-0.15, -0.1) is 0 Å². The van der Waals surface area contributed by atoms with E-state index in [9.17, 15) is 14.9 Å². The Labute approximate surface area is 159 Å². The van der Waals surface area contributed by atoms with E-state index in [2.05, 4.69) is 10.1 Å². The van der Waals surface area contributed by atoms with E-state index < -0.39 is 16.2 Å². The van der Waals surface area contributed by atoms with Crippen molar-refractivity contribution < 1.29 is 9.66 Å². The molecule has 2 aromatic heterocycles. The first-order valence-electron chi connectivity index (χ1n) is 8.51. The van der Waals surface area contributed by atoms with Crippen LogP contribution in [0.3, 0.4) is 0 Å². The van der Waals surface area contributed by atoms with Crippen molar-refractivity contribution in [2.45, 2.75) is 6.92 Å². The van der Waals surface area contributed by atoms with E-state index in [1.165, 1.54) is 0 Å². The number of hydrogen-bond donors (Lipinski definition) is 1. The zero-order valence-corrected chi connectivity index (χ0v) is 15.2. The Hall–Kier alpha value is -3.94. The van der Waals surface area contributed by atoms with E-state index >= 15 is 0 Å². The van der Waals surface area contributed by atoms with Crippen molar-refractivity contribution in [3.8, 4) is 28.1 Å². The van der Waals surface area contributed by atoms with Gasteiger partial charge >= 0.3 is 11.2 Å². The summed E-state index contributed by atoms with van der Waals surface area (Å²) in [4.78, 5) is 26.9. The molecule has 2 aromatic carbocycles. The molecule has 4 aromatic rings. The van der Waals surface area contributed by atoms with Crippen LogP contribution in [0.15, 0.2) is 59.4 Å². The second-order valence-electron chi connectivity index (χ2n) is 6.23. The number of ether oxygens (including phenoxy) is 1. The van der Waals surface area contributed by atoms with E-state index in [1.54, 1.807) is 56.5 Å². The molecule has 0 aliphatic heterocycles. The van der Waals surface area contributed by atoms with Crippen molar-refractivity contribution in [3.63, 3.8) is 0 Å². The van der Waals surface area contributed by atoms with Gasteiger partial charge in [0, 0.05) is 11.1 Å². The average molecular weight is 376 g/mol. The summed E-state index contributed by atoms with van der Waals surface area (Å²) >= 11 is 0. The number of hydrogen-bond acceptors (Lipinski definition) is 5. The molecule has 28 heavy (non-hydrogen) atoms. The Balaban J connectivity index is 2.06. The normalized spacial score (nSPS) is 10.9. The number of aromatic nitrogens is 3. The quantitative estimate of drug-likeness (QED) is 0.433. The third-order valence-electron chi connectivity index (χ3n) is 4.56. The second-order valence-corrected chi connectivity index (χ2v) is 6.23. The lowest BCUT2D eigenvalue weighted by Gasteiger charge is -2.07. The lowest BCUT2D eigenvalue weighted by Crippen LogP contribution is -2.20. The minimum atomic E-state index is -0.777. The van der Waals surface area contributed by atoms with Crippen molar-refractivity contribution in [3.05, 3.63) is 80.8 Å². The molecule has 2 heterocycles. The van der Waals surface area contributed by atoms with Gasteiger partial charge in [-0.2, -0.15) is 9.61 Å². The molecule has 0 atom stereocenters. The van der Waals surface area contributed by atoms with Crippen LogP contribution in [0.4, 0.5) is 5.69 Å². The summed E-state index contributed by atoms with van der Waals surface area (Å²) in [5.41, 5.74) is 1.88. The van der Waals surface area contributed by atoms with E-state index in [4.69, 9.17) is 4.74 Å². The van der Waals surface area contributed by atoms with Crippen LogP contribution in [0.2, 0.25) is 0 Å². The highest BCUT2D eigenvalue weighted by molar-refractivity contribution is 5.83. The van der Waals surface area contributed by atoms with Gasteiger partial charge in [-0.3, -0.25) is 14.9 Å². The summed E-state index contributed by atoms with van der Waals surface area (Å²) in [6.45, 7) is 1.76. The molecule has 0 aliphatic rings. The van der Waals surface area contributed by atoms with Gasteiger partial charge in [0.05, 0.1) is 17.7 Å². The van der Waals surface area contributed by atoms with Crippen LogP contribution in [0.1, 0.15) is 5.69 Å². The molecule has 140 valence electrons. The topological polar surface area (TPSA) is 103 Å². The number of fused-ring (bicyclic) bond motifs is 1. The predicted molar refractivity (Wildman–Crippen MR) is 105 cm³/mol. The molecule has 8 nitrogen and oxygen atoms in total. The summed E-state index contributed by atoms with van der Waals surface area (Å²) in [6.07, 6.45) is 0. The summed E-state index contributed by atoms with van der Waals surface area (Å²) in [5.74, 6) is 0.701. The summed E-state index contributed by atoms with van der Waals surface area (Å²) < 4.78 is 6.24. The summed E-state index contributed by atoms with van der Waals surface area (Å²) in [5, 5.41) is 15.9. The highest BCUT2D eigenvalue weighted by atomic mass is 16.6. The maximum absolute atomic E-state index is 12.9. The fourth-order valence-corrected chi connectivity index (χ4v) is 3.26. The van der Waals surface area contributed by atoms with Crippen LogP contribution >= 0.6 is 0 Å². The third-order valence-corrected chi connectivity index (χ3v) is 4.56. The van der Waals surface area contributed by atoms with Gasteiger partial charge in [0.25, 0.3) is 0 Å². The van der Waals surface area contributed by atoms with E-state index in [0.717, 1.165) is 10.1 Å². The molecule has 0 unspecified atom stereocenters. The maximum Gasteiger partial charge on any atom is 0.359 e. The van der Waals surface area contributed by atoms with Crippen LogP contribution < -0.4 is 10.3 Å². The molecule has 8 heteroatoms. The van der Waals surface area contributed by atoms with Crippen molar-refractivity contribution in [2.75, 3.05) is 7.11 Å². The molecule has 0 radical (unpaired) electrons. The lowest BCUT2D eigenvalue weighted by molar-refractivity contribution is -0.385. The first-order valence-corrected chi connectivity index (χ1v) is 8.51. The highest BCUT2D eigenvalue weighted by Crippen LogP contribution is 2.31. The average Bonchev–Trinajstić information content (AvgIpc) is 3.04. The number of rotatable bonds is 4. The fourth-order valence-electron chi connectivity index (χ4n) is 3.26. The summed E-state index contributed by atoms with van der Waals surface area (Å²) in [6, 6.07) is 16.1. The van der Waals surface area contributed by atoms with Gasteiger partial charge < -0.3 is 9.72 Å². The smallest absolute Gasteiger partial charge is 0.359 e. The maximum atomic E-state index is 12.9. The van der Waals surface area contributed by atoms with Crippen LogP contribution in [-0.4, -0.2) is 26.6 Å². The molecule has 4 rings (SSSR count). The second kappa shape index (κ2) is 6.66. The Kier molecular flexibility index (Phi) is 4.15. The molecule has 0 fully saturated rings. The Morgan fingerprint density at radius 2 is 1.75 bits per heavy atom. The Morgan fingerprint density at radius 1 is 1.07 bits per heavy atom. The zero-order valence-electron chi connectivity index (χ0n) is 15.2. The Morgan fingerprint density at radius 3 is 2.36 bits per heavy atom. The monoisotopic (exact) mass is 376 g/mol. The molecule has 0 bridgehead atoms. The minimum Gasteiger partial charge on any atom is -0.497 e. The minimum absolute atomic E-state index is 0.151. The Bertz CT molecular complexity index is 1240. The van der Waals surface area contributed by atoms with Crippen molar-refractivity contribution in [1.29, 1.82) is 0 Å². The molecular weight excluding hydrogens is 360 g/mol. The van der Waals surface area contributed by atoms with Crippen LogP contribution in [0.25, 0.3) is 28.0 Å². The van der Waals surface area contributed by atoms with Crippen molar-refractivity contribution >= 4 is 11.3 Å². The molecule has 0 saturated heterocycles. The third kappa shape index (κ3) is 2.71. The first kappa shape index (κ1) is 17.5. The number of aryl methyl sites for hydroxylation is 1. The summed E-state index contributed by atoms with van der Waals surface area (Å²) in [7, 11) is 1.58. The predicted octanol–water partition coefficient (Wildman–Crippen LogP) is 3.58. The van der Waals surface area contributed by atoms with Gasteiger partial charge in [0.2, 0.25) is 0 Å². The number of nitro groups is 1. The molecule has 0 amide bonds. The number of nitrogens with zero attached hydrogens (tertiary/aromatic N) is 3. The van der Waals surface area contributed by atoms with Gasteiger partial charge in [-0.25, -0.2) is 0 Å². The van der Waals surface area contributed by atoms with Gasteiger partial charge in [-0.1, -0.05) is 42.5 Å². The van der Waals surface area contributed by atoms with Gasteiger partial charge in [-0.05, 0) is 24.6 Å². The van der Waals surface area contributed by atoms with Crippen LogP contribution in [0, 0.1) is 17.0 Å². The van der Waals surface area contributed by atoms with Gasteiger partial charge in [0.15, 0.2) is 0 Å². The standard InChI is InChI=1S/C20H16N4O4/c1-12-16(13-8-10-15(28-2)11-9-13)19-21-17(14-6-4-3-5-7-14)18(24(26)27)20(25)23(19)22-12/h3-11,21H,1-2H3. The number of nitrogens with one attached hydrogen (secondary N) is 1. The van der Waals surface area contributed by atoms with Gasteiger partial charge in [0.1, 0.15) is 17.1 Å². The number of methoxy groups -OCH3 is 1. The van der Waals surface area contributed by atoms with E-state index in [-0.39, 0.29) is 5.69 Å². The fraction of sp³-hybridized carbons (Fsp3) is 0.100. The number of aromatic amines is 1. The first-order chi connectivity index (χ1) is 13.5. The molecule has 0 spiro atoms. The molecule has 1 N–H and O–H groups in total. The van der Waals surface area contributed by atoms with E-state index in [0.29, 0.717) is 28.2 Å².